The summed E-state index contributed by atoms with van der Waals surface area (Å²) in [6.45, 7) is 4.72. The lowest BCUT2D eigenvalue weighted by Crippen LogP contribution is -2.16. The Hall–Kier alpha value is -6.18. The van der Waals surface area contributed by atoms with Gasteiger partial charge in [-0.1, -0.05) is 178 Å². The van der Waals surface area contributed by atoms with Crippen molar-refractivity contribution in [1.82, 2.24) is 0 Å². The summed E-state index contributed by atoms with van der Waals surface area (Å²) in [5.74, 6) is 0. The van der Waals surface area contributed by atoms with Gasteiger partial charge < -0.3 is 4.90 Å². The van der Waals surface area contributed by atoms with Gasteiger partial charge in [-0.3, -0.25) is 0 Å². The topological polar surface area (TPSA) is 3.24 Å². The van der Waals surface area contributed by atoms with Crippen LogP contribution < -0.4 is 4.90 Å². The Bertz CT molecular complexity index is 2290. The average molecular weight is 642 g/mol. The van der Waals surface area contributed by atoms with Crippen molar-refractivity contribution >= 4 is 41.4 Å². The van der Waals surface area contributed by atoms with E-state index in [1.165, 1.54) is 55.6 Å². The second-order valence-corrected chi connectivity index (χ2v) is 13.5. The van der Waals surface area contributed by atoms with E-state index in [2.05, 4.69) is 213 Å². The molecule has 0 unspecified atom stereocenters. The van der Waals surface area contributed by atoms with Gasteiger partial charge in [-0.2, -0.15) is 0 Å². The zero-order valence-electron chi connectivity index (χ0n) is 28.5. The molecule has 0 amide bonds. The van der Waals surface area contributed by atoms with Crippen molar-refractivity contribution in [3.05, 3.63) is 209 Å². The molecule has 7 aromatic carbocycles. The lowest BCUT2D eigenvalue weighted by molar-refractivity contribution is 0.660. The van der Waals surface area contributed by atoms with Crippen molar-refractivity contribution in [3.8, 4) is 22.3 Å². The van der Waals surface area contributed by atoms with Gasteiger partial charge in [-0.25, -0.2) is 0 Å². The van der Waals surface area contributed by atoms with E-state index in [9.17, 15) is 0 Å². The van der Waals surface area contributed by atoms with Gasteiger partial charge in [0.05, 0.1) is 0 Å². The van der Waals surface area contributed by atoms with Crippen LogP contribution in [0.3, 0.4) is 0 Å². The average Bonchev–Trinajstić information content (AvgIpc) is 3.40. The fourth-order valence-electron chi connectivity index (χ4n) is 7.11. The van der Waals surface area contributed by atoms with Crippen molar-refractivity contribution in [2.75, 3.05) is 4.90 Å². The second-order valence-electron chi connectivity index (χ2n) is 13.5. The largest absolute Gasteiger partial charge is 0.310 e. The quantitative estimate of drug-likeness (QED) is 0.149. The molecule has 0 N–H and O–H groups in total. The maximum absolute atomic E-state index is 2.41. The van der Waals surface area contributed by atoms with Gasteiger partial charge in [-0.05, 0) is 92.0 Å². The first-order chi connectivity index (χ1) is 24.5. The summed E-state index contributed by atoms with van der Waals surface area (Å²) in [4.78, 5) is 2.38. The first-order valence-electron chi connectivity index (χ1n) is 17.3. The standard InChI is InChI=1S/C49H39N/c1-49(2)47-34-39(21-20-37-14-8-4-9-15-37)24-32-45(47)46-33-31-44(35-48(46)49)50(43-29-25-41(26-30-43)40-16-10-5-11-17-40)42-27-22-38(23-28-42)19-18-36-12-6-3-7-13-36/h3-35H,1-2H3. The predicted molar refractivity (Wildman–Crippen MR) is 215 cm³/mol. The van der Waals surface area contributed by atoms with Crippen molar-refractivity contribution in [1.29, 1.82) is 0 Å². The van der Waals surface area contributed by atoms with E-state index in [1.54, 1.807) is 0 Å². The Morgan fingerprint density at radius 2 is 0.760 bits per heavy atom. The van der Waals surface area contributed by atoms with E-state index in [0.717, 1.165) is 17.1 Å². The first kappa shape index (κ1) is 31.1. The van der Waals surface area contributed by atoms with E-state index in [4.69, 9.17) is 0 Å². The molecule has 1 heteroatoms. The maximum atomic E-state index is 2.41. The molecule has 0 radical (unpaired) electrons. The molecule has 0 fully saturated rings. The third kappa shape index (κ3) is 6.22. The number of nitrogens with zero attached hydrogens (tertiary/aromatic N) is 1. The Morgan fingerprint density at radius 3 is 1.34 bits per heavy atom. The number of hydrogen-bond donors (Lipinski definition) is 0. The minimum absolute atomic E-state index is 0.147. The van der Waals surface area contributed by atoms with E-state index in [0.29, 0.717) is 0 Å². The molecule has 1 aliphatic rings. The van der Waals surface area contributed by atoms with Crippen LogP contribution in [0.25, 0.3) is 46.6 Å². The number of fused-ring (bicyclic) bond motifs is 3. The van der Waals surface area contributed by atoms with Crippen molar-refractivity contribution in [2.45, 2.75) is 19.3 Å². The fourth-order valence-corrected chi connectivity index (χ4v) is 7.11. The molecule has 1 aliphatic carbocycles. The summed E-state index contributed by atoms with van der Waals surface area (Å²) in [5.41, 5.74) is 15.8. The van der Waals surface area contributed by atoms with Crippen LogP contribution >= 0.6 is 0 Å². The molecule has 0 bridgehead atoms. The molecule has 0 aliphatic heterocycles. The van der Waals surface area contributed by atoms with E-state index in [1.807, 2.05) is 6.07 Å². The highest BCUT2D eigenvalue weighted by Gasteiger charge is 2.36. The summed E-state index contributed by atoms with van der Waals surface area (Å²) in [7, 11) is 0. The summed E-state index contributed by atoms with van der Waals surface area (Å²) in [6.07, 6.45) is 8.76. The van der Waals surface area contributed by atoms with E-state index < -0.39 is 0 Å². The summed E-state index contributed by atoms with van der Waals surface area (Å²) < 4.78 is 0. The molecule has 0 spiro atoms. The number of benzene rings is 7. The molecule has 240 valence electrons. The molecule has 0 saturated heterocycles. The van der Waals surface area contributed by atoms with Crippen LogP contribution in [0.1, 0.15) is 47.2 Å². The zero-order chi connectivity index (χ0) is 33.9. The van der Waals surface area contributed by atoms with Gasteiger partial charge in [-0.15, -0.1) is 0 Å². The smallest absolute Gasteiger partial charge is 0.0465 e. The fraction of sp³-hybridized carbons (Fsp3) is 0.0612. The SMILES string of the molecule is CC1(C)c2cc(C=Cc3ccccc3)ccc2-c2ccc(N(c3ccc(C=Cc4ccccc4)cc3)c3ccc(-c4ccccc4)cc3)cc21. The summed E-state index contributed by atoms with van der Waals surface area (Å²) >= 11 is 0. The molecule has 0 atom stereocenters. The first-order valence-corrected chi connectivity index (χ1v) is 17.3. The van der Waals surface area contributed by atoms with Crippen LogP contribution in [0.15, 0.2) is 176 Å². The van der Waals surface area contributed by atoms with Crippen molar-refractivity contribution in [3.63, 3.8) is 0 Å². The highest BCUT2D eigenvalue weighted by molar-refractivity contribution is 5.87. The van der Waals surface area contributed by atoms with Crippen molar-refractivity contribution < 1.29 is 0 Å². The van der Waals surface area contributed by atoms with Gasteiger partial charge in [0.25, 0.3) is 0 Å². The molecule has 50 heavy (non-hydrogen) atoms. The van der Waals surface area contributed by atoms with Crippen LogP contribution in [0, 0.1) is 0 Å². The minimum Gasteiger partial charge on any atom is -0.310 e. The van der Waals surface area contributed by atoms with E-state index in [-0.39, 0.29) is 5.41 Å². The second kappa shape index (κ2) is 13.4. The summed E-state index contributed by atoms with van der Waals surface area (Å²) in [5, 5.41) is 0. The number of rotatable bonds is 8. The molecule has 7 aromatic rings. The highest BCUT2D eigenvalue weighted by Crippen LogP contribution is 2.51. The highest BCUT2D eigenvalue weighted by atomic mass is 15.1. The Labute approximate surface area is 296 Å². The molecular formula is C49H39N. The van der Waals surface area contributed by atoms with Crippen LogP contribution in [0.5, 0.6) is 0 Å². The molecule has 0 saturated carbocycles. The predicted octanol–water partition coefficient (Wildman–Crippen LogP) is 13.5. The summed E-state index contributed by atoms with van der Waals surface area (Å²) in [6, 6.07) is 63.3. The number of hydrogen-bond acceptors (Lipinski definition) is 1. The van der Waals surface area contributed by atoms with Crippen LogP contribution in [-0.4, -0.2) is 0 Å². The van der Waals surface area contributed by atoms with Gasteiger partial charge in [0.2, 0.25) is 0 Å². The maximum Gasteiger partial charge on any atom is 0.0465 e. The monoisotopic (exact) mass is 641 g/mol. The molecule has 1 nitrogen and oxygen atoms in total. The molecule has 8 rings (SSSR count). The lowest BCUT2D eigenvalue weighted by atomic mass is 9.81. The normalized spacial score (nSPS) is 13.0. The van der Waals surface area contributed by atoms with E-state index >= 15 is 0 Å². The van der Waals surface area contributed by atoms with Crippen LogP contribution in [0.2, 0.25) is 0 Å². The minimum atomic E-state index is -0.147. The Balaban J connectivity index is 1.16. The Kier molecular flexibility index (Phi) is 8.32. The van der Waals surface area contributed by atoms with Gasteiger partial charge >= 0.3 is 0 Å². The lowest BCUT2D eigenvalue weighted by Gasteiger charge is -2.28. The molecular weight excluding hydrogens is 603 g/mol. The van der Waals surface area contributed by atoms with Gasteiger partial charge in [0.15, 0.2) is 0 Å². The Morgan fingerprint density at radius 1 is 0.360 bits per heavy atom. The third-order valence-electron chi connectivity index (χ3n) is 9.86. The van der Waals surface area contributed by atoms with Crippen LogP contribution in [0.4, 0.5) is 17.1 Å². The zero-order valence-corrected chi connectivity index (χ0v) is 28.5. The van der Waals surface area contributed by atoms with Crippen LogP contribution in [-0.2, 0) is 5.41 Å². The van der Waals surface area contributed by atoms with Gasteiger partial charge in [0, 0.05) is 22.5 Å². The molecule has 0 aromatic heterocycles. The van der Waals surface area contributed by atoms with Crippen molar-refractivity contribution in [2.24, 2.45) is 0 Å². The van der Waals surface area contributed by atoms with Gasteiger partial charge in [0.1, 0.15) is 0 Å². The third-order valence-corrected chi connectivity index (χ3v) is 9.86. The number of anilines is 3. The molecule has 0 heterocycles.